The topological polar surface area (TPSA) is 86.8 Å². The van der Waals surface area contributed by atoms with Crippen LogP contribution in [0.4, 0.5) is 0 Å². The molecule has 0 aliphatic carbocycles. The Kier molecular flexibility index (Phi) is 8.61. The third-order valence-corrected chi connectivity index (χ3v) is 6.61. The van der Waals surface area contributed by atoms with E-state index < -0.39 is 6.04 Å². The molecule has 0 fully saturated rings. The number of fused-ring (bicyclic) bond motifs is 1. The van der Waals surface area contributed by atoms with Gasteiger partial charge in [-0.2, -0.15) is 0 Å². The van der Waals surface area contributed by atoms with Gasteiger partial charge in [0.25, 0.3) is 11.8 Å². The Morgan fingerprint density at radius 1 is 1.00 bits per heavy atom. The fraction of sp³-hybridized carbons (Fsp3) is 0.385. The van der Waals surface area contributed by atoms with Crippen LogP contribution in [0.3, 0.4) is 0 Å². The number of hydrogen-bond acceptors (Lipinski definition) is 4. The summed E-state index contributed by atoms with van der Waals surface area (Å²) < 4.78 is 0.928. The van der Waals surface area contributed by atoms with Gasteiger partial charge in [-0.25, -0.2) is 0 Å². The number of halogens is 1. The van der Waals surface area contributed by atoms with Crippen molar-refractivity contribution in [3.63, 3.8) is 0 Å². The molecule has 180 valence electrons. The van der Waals surface area contributed by atoms with Crippen molar-refractivity contribution in [2.45, 2.75) is 58.7 Å². The average molecular weight is 528 g/mol. The summed E-state index contributed by atoms with van der Waals surface area (Å²) in [6, 6.07) is 13.7. The quantitative estimate of drug-likeness (QED) is 0.470. The van der Waals surface area contributed by atoms with E-state index in [0.29, 0.717) is 17.5 Å². The van der Waals surface area contributed by atoms with Gasteiger partial charge in [-0.05, 0) is 56.5 Å². The van der Waals surface area contributed by atoms with Crippen LogP contribution in [0.5, 0.6) is 0 Å². The highest BCUT2D eigenvalue weighted by Crippen LogP contribution is 2.23. The zero-order valence-corrected chi connectivity index (χ0v) is 21.3. The van der Waals surface area contributed by atoms with E-state index in [4.69, 9.17) is 0 Å². The molecule has 1 aliphatic heterocycles. The molecule has 34 heavy (non-hydrogen) atoms. The van der Waals surface area contributed by atoms with Crippen LogP contribution < -0.4 is 5.32 Å². The van der Waals surface area contributed by atoms with Gasteiger partial charge in [-0.1, -0.05) is 47.1 Å². The van der Waals surface area contributed by atoms with Crippen molar-refractivity contribution >= 4 is 39.6 Å². The first-order chi connectivity index (χ1) is 16.2. The zero-order chi connectivity index (χ0) is 24.8. The molecule has 3 rings (SSSR count). The lowest BCUT2D eigenvalue weighted by atomic mass is 10.1. The van der Waals surface area contributed by atoms with Gasteiger partial charge in [-0.15, -0.1) is 0 Å². The van der Waals surface area contributed by atoms with E-state index in [1.54, 1.807) is 36.1 Å². The van der Waals surface area contributed by atoms with Crippen LogP contribution in [-0.2, 0) is 16.1 Å². The molecule has 0 aromatic heterocycles. The molecule has 7 nitrogen and oxygen atoms in total. The standard InChI is InChI=1S/C26H30BrN3O4/c1-4-17(2)28-24(32)18(3)30(16-19-11-13-20(27)14-12-19)23(31)10-7-15-29-25(33)21-8-5-6-9-22(21)26(29)34/h5-6,8-9,11-14,17-18H,4,7,10,15-16H2,1-3H3,(H,28,32)/t17-,18+/m0/s1. The van der Waals surface area contributed by atoms with Crippen LogP contribution in [0.1, 0.15) is 66.3 Å². The Morgan fingerprint density at radius 2 is 1.59 bits per heavy atom. The van der Waals surface area contributed by atoms with Gasteiger partial charge < -0.3 is 10.2 Å². The van der Waals surface area contributed by atoms with Crippen molar-refractivity contribution in [1.82, 2.24) is 15.1 Å². The van der Waals surface area contributed by atoms with Gasteiger partial charge >= 0.3 is 0 Å². The van der Waals surface area contributed by atoms with Gasteiger partial charge in [0, 0.05) is 30.0 Å². The Balaban J connectivity index is 1.67. The van der Waals surface area contributed by atoms with E-state index in [2.05, 4.69) is 21.2 Å². The van der Waals surface area contributed by atoms with E-state index in [9.17, 15) is 19.2 Å². The minimum atomic E-state index is -0.663. The third kappa shape index (κ3) is 5.91. The number of nitrogens with zero attached hydrogens (tertiary/aromatic N) is 2. The molecule has 0 bridgehead atoms. The van der Waals surface area contributed by atoms with Crippen LogP contribution in [0, 0.1) is 0 Å². The molecule has 2 aromatic carbocycles. The molecule has 0 saturated carbocycles. The molecule has 2 atom stereocenters. The zero-order valence-electron chi connectivity index (χ0n) is 19.7. The number of carbonyl (C=O) groups excluding carboxylic acids is 4. The Hall–Kier alpha value is -3.00. The fourth-order valence-corrected chi connectivity index (χ4v) is 4.07. The number of imide groups is 1. The summed E-state index contributed by atoms with van der Waals surface area (Å²) >= 11 is 3.41. The molecular formula is C26H30BrN3O4. The second-order valence-corrected chi connectivity index (χ2v) is 9.47. The number of rotatable bonds is 10. The van der Waals surface area contributed by atoms with Crippen molar-refractivity contribution in [3.05, 3.63) is 69.7 Å². The fourth-order valence-electron chi connectivity index (χ4n) is 3.81. The van der Waals surface area contributed by atoms with Crippen LogP contribution in [0.25, 0.3) is 0 Å². The van der Waals surface area contributed by atoms with Crippen LogP contribution in [0.15, 0.2) is 53.0 Å². The number of amides is 4. The molecule has 0 unspecified atom stereocenters. The van der Waals surface area contributed by atoms with Gasteiger partial charge in [0.1, 0.15) is 6.04 Å². The third-order valence-electron chi connectivity index (χ3n) is 6.09. The van der Waals surface area contributed by atoms with Crippen molar-refractivity contribution in [1.29, 1.82) is 0 Å². The maximum atomic E-state index is 13.2. The smallest absolute Gasteiger partial charge is 0.261 e. The monoisotopic (exact) mass is 527 g/mol. The van der Waals surface area contributed by atoms with Crippen LogP contribution in [-0.4, -0.2) is 52.1 Å². The Labute approximate surface area is 208 Å². The van der Waals surface area contributed by atoms with Gasteiger partial charge in [-0.3, -0.25) is 24.1 Å². The van der Waals surface area contributed by atoms with Gasteiger partial charge in [0.2, 0.25) is 11.8 Å². The summed E-state index contributed by atoms with van der Waals surface area (Å²) in [6.45, 7) is 6.07. The average Bonchev–Trinajstić information content (AvgIpc) is 3.08. The number of nitrogens with one attached hydrogen (secondary N) is 1. The molecule has 1 N–H and O–H groups in total. The van der Waals surface area contributed by atoms with E-state index >= 15 is 0 Å². The van der Waals surface area contributed by atoms with Gasteiger partial charge in [0.05, 0.1) is 11.1 Å². The van der Waals surface area contributed by atoms with E-state index in [1.165, 1.54) is 4.90 Å². The maximum Gasteiger partial charge on any atom is 0.261 e. The number of carbonyl (C=O) groups is 4. The second-order valence-electron chi connectivity index (χ2n) is 8.55. The molecular weight excluding hydrogens is 498 g/mol. The van der Waals surface area contributed by atoms with Crippen molar-refractivity contribution in [3.8, 4) is 0 Å². The van der Waals surface area contributed by atoms with E-state index in [1.807, 2.05) is 38.1 Å². The predicted molar refractivity (Wildman–Crippen MR) is 133 cm³/mol. The first kappa shape index (κ1) is 25.6. The molecule has 0 saturated heterocycles. The van der Waals surface area contributed by atoms with Crippen molar-refractivity contribution in [2.75, 3.05) is 6.54 Å². The molecule has 1 aliphatic rings. The lowest BCUT2D eigenvalue weighted by molar-refractivity contribution is -0.141. The van der Waals surface area contributed by atoms with E-state index in [0.717, 1.165) is 16.5 Å². The van der Waals surface area contributed by atoms with Gasteiger partial charge in [0.15, 0.2) is 0 Å². The summed E-state index contributed by atoms with van der Waals surface area (Å²) in [4.78, 5) is 53.9. The Morgan fingerprint density at radius 3 is 2.15 bits per heavy atom. The van der Waals surface area contributed by atoms with Crippen LogP contribution in [0.2, 0.25) is 0 Å². The highest BCUT2D eigenvalue weighted by atomic mass is 79.9. The minimum absolute atomic E-state index is 0.00778. The molecule has 0 radical (unpaired) electrons. The highest BCUT2D eigenvalue weighted by Gasteiger charge is 2.35. The first-order valence-electron chi connectivity index (χ1n) is 11.5. The number of benzene rings is 2. The SMILES string of the molecule is CC[C@H](C)NC(=O)[C@@H](C)N(Cc1ccc(Br)cc1)C(=O)CCCN1C(=O)c2ccccc2C1=O. The second kappa shape index (κ2) is 11.4. The lowest BCUT2D eigenvalue weighted by Crippen LogP contribution is -2.49. The Bertz CT molecular complexity index is 1030. The predicted octanol–water partition coefficient (Wildman–Crippen LogP) is 4.16. The molecule has 2 aromatic rings. The highest BCUT2D eigenvalue weighted by molar-refractivity contribution is 9.10. The summed E-state index contributed by atoms with van der Waals surface area (Å²) in [5.74, 6) is -1.08. The van der Waals surface area contributed by atoms with Crippen molar-refractivity contribution in [2.24, 2.45) is 0 Å². The van der Waals surface area contributed by atoms with Crippen LogP contribution >= 0.6 is 15.9 Å². The lowest BCUT2D eigenvalue weighted by Gasteiger charge is -2.30. The number of hydrogen-bond donors (Lipinski definition) is 1. The van der Waals surface area contributed by atoms with Crippen molar-refractivity contribution < 1.29 is 19.2 Å². The normalized spacial score (nSPS) is 14.5. The first-order valence-corrected chi connectivity index (χ1v) is 12.3. The largest absolute Gasteiger partial charge is 0.352 e. The summed E-state index contributed by atoms with van der Waals surface area (Å²) in [7, 11) is 0. The summed E-state index contributed by atoms with van der Waals surface area (Å²) in [6.07, 6.45) is 1.23. The minimum Gasteiger partial charge on any atom is -0.352 e. The molecule has 1 heterocycles. The van der Waals surface area contributed by atoms with E-state index in [-0.39, 0.29) is 49.2 Å². The summed E-state index contributed by atoms with van der Waals surface area (Å²) in [5.41, 5.74) is 1.69. The molecule has 4 amide bonds. The maximum absolute atomic E-state index is 13.2. The summed E-state index contributed by atoms with van der Waals surface area (Å²) in [5, 5.41) is 2.94. The molecule has 0 spiro atoms. The molecule has 8 heteroatoms.